The SMILES string of the molecule is Cc1ccccc1CCNC(=O)COc1ccc(F)cc1Br. The van der Waals surface area contributed by atoms with E-state index >= 15 is 0 Å². The van der Waals surface area contributed by atoms with Gasteiger partial charge < -0.3 is 10.1 Å². The number of nitrogens with one attached hydrogen (secondary N) is 1. The zero-order chi connectivity index (χ0) is 15.9. The van der Waals surface area contributed by atoms with E-state index < -0.39 is 0 Å². The second kappa shape index (κ2) is 7.94. The van der Waals surface area contributed by atoms with Gasteiger partial charge >= 0.3 is 0 Å². The van der Waals surface area contributed by atoms with Crippen LogP contribution in [-0.4, -0.2) is 19.1 Å². The van der Waals surface area contributed by atoms with E-state index in [-0.39, 0.29) is 18.3 Å². The zero-order valence-corrected chi connectivity index (χ0v) is 13.8. The van der Waals surface area contributed by atoms with Gasteiger partial charge in [0.15, 0.2) is 6.61 Å². The Morgan fingerprint density at radius 2 is 2.05 bits per heavy atom. The minimum Gasteiger partial charge on any atom is -0.483 e. The molecule has 116 valence electrons. The normalized spacial score (nSPS) is 10.3. The van der Waals surface area contributed by atoms with E-state index in [1.165, 1.54) is 29.3 Å². The molecule has 2 rings (SSSR count). The van der Waals surface area contributed by atoms with Crippen molar-refractivity contribution in [3.8, 4) is 5.75 Å². The van der Waals surface area contributed by atoms with Gasteiger partial charge in [-0.3, -0.25) is 4.79 Å². The number of ether oxygens (including phenoxy) is 1. The van der Waals surface area contributed by atoms with Crippen LogP contribution >= 0.6 is 15.9 Å². The fourth-order valence-corrected chi connectivity index (χ4v) is 2.48. The lowest BCUT2D eigenvalue weighted by molar-refractivity contribution is -0.123. The molecule has 0 aliphatic heterocycles. The molecule has 5 heteroatoms. The molecule has 0 heterocycles. The summed E-state index contributed by atoms with van der Waals surface area (Å²) in [5, 5.41) is 2.81. The molecule has 1 amide bonds. The molecular formula is C17H17BrFNO2. The van der Waals surface area contributed by atoms with Crippen molar-refractivity contribution in [2.75, 3.05) is 13.2 Å². The molecule has 1 N–H and O–H groups in total. The Morgan fingerprint density at radius 1 is 1.27 bits per heavy atom. The number of carbonyl (C=O) groups excluding carboxylic acids is 1. The first-order valence-electron chi connectivity index (χ1n) is 6.95. The number of carbonyl (C=O) groups is 1. The quantitative estimate of drug-likeness (QED) is 0.848. The Kier molecular flexibility index (Phi) is 5.95. The molecule has 0 spiro atoms. The lowest BCUT2D eigenvalue weighted by Gasteiger charge is -2.10. The van der Waals surface area contributed by atoms with Gasteiger partial charge in [0, 0.05) is 6.54 Å². The standard InChI is InChI=1S/C17H17BrFNO2/c1-12-4-2-3-5-13(12)8-9-20-17(21)11-22-16-7-6-14(19)10-15(16)18/h2-7,10H,8-9,11H2,1H3,(H,20,21). The minimum atomic E-state index is -0.359. The number of halogens is 2. The van der Waals surface area contributed by atoms with Crippen LogP contribution in [0.2, 0.25) is 0 Å². The third-order valence-electron chi connectivity index (χ3n) is 3.23. The first-order chi connectivity index (χ1) is 10.6. The summed E-state index contributed by atoms with van der Waals surface area (Å²) >= 11 is 3.19. The molecule has 0 aromatic heterocycles. The molecule has 0 aliphatic carbocycles. The largest absolute Gasteiger partial charge is 0.483 e. The second-order valence-corrected chi connectivity index (χ2v) is 5.74. The van der Waals surface area contributed by atoms with E-state index in [4.69, 9.17) is 4.74 Å². The summed E-state index contributed by atoms with van der Waals surface area (Å²) in [5.41, 5.74) is 2.42. The van der Waals surface area contributed by atoms with Crippen molar-refractivity contribution in [3.63, 3.8) is 0 Å². The number of benzene rings is 2. The van der Waals surface area contributed by atoms with E-state index in [2.05, 4.69) is 21.2 Å². The highest BCUT2D eigenvalue weighted by Gasteiger charge is 2.06. The van der Waals surface area contributed by atoms with Crippen LogP contribution in [0.25, 0.3) is 0 Å². The van der Waals surface area contributed by atoms with E-state index in [9.17, 15) is 9.18 Å². The maximum absolute atomic E-state index is 12.9. The molecule has 0 saturated heterocycles. The first kappa shape index (κ1) is 16.5. The fraction of sp³-hybridized carbons (Fsp3) is 0.235. The Balaban J connectivity index is 1.75. The van der Waals surface area contributed by atoms with E-state index in [0.29, 0.717) is 16.8 Å². The van der Waals surface area contributed by atoms with Crippen molar-refractivity contribution in [2.45, 2.75) is 13.3 Å². The summed E-state index contributed by atoms with van der Waals surface area (Å²) in [6.45, 7) is 2.50. The summed E-state index contributed by atoms with van der Waals surface area (Å²) < 4.78 is 18.8. The van der Waals surface area contributed by atoms with E-state index in [0.717, 1.165) is 6.42 Å². The van der Waals surface area contributed by atoms with Crippen LogP contribution in [0.4, 0.5) is 4.39 Å². The number of aryl methyl sites for hydroxylation is 1. The lowest BCUT2D eigenvalue weighted by atomic mass is 10.1. The van der Waals surface area contributed by atoms with Gasteiger partial charge in [-0.05, 0) is 58.6 Å². The lowest BCUT2D eigenvalue weighted by Crippen LogP contribution is -2.30. The van der Waals surface area contributed by atoms with Crippen LogP contribution in [0.1, 0.15) is 11.1 Å². The van der Waals surface area contributed by atoms with Gasteiger partial charge in [-0.15, -0.1) is 0 Å². The van der Waals surface area contributed by atoms with Crippen molar-refractivity contribution in [1.82, 2.24) is 5.32 Å². The van der Waals surface area contributed by atoms with Gasteiger partial charge in [-0.2, -0.15) is 0 Å². The molecule has 0 atom stereocenters. The van der Waals surface area contributed by atoms with Crippen LogP contribution in [-0.2, 0) is 11.2 Å². The number of hydrogen-bond acceptors (Lipinski definition) is 2. The highest BCUT2D eigenvalue weighted by Crippen LogP contribution is 2.25. The van der Waals surface area contributed by atoms with Gasteiger partial charge in [0.25, 0.3) is 5.91 Å². The van der Waals surface area contributed by atoms with Crippen molar-refractivity contribution >= 4 is 21.8 Å². The maximum atomic E-state index is 12.9. The molecular weight excluding hydrogens is 349 g/mol. The maximum Gasteiger partial charge on any atom is 0.257 e. The molecule has 2 aromatic rings. The fourth-order valence-electron chi connectivity index (χ4n) is 2.01. The summed E-state index contributed by atoms with van der Waals surface area (Å²) in [5.74, 6) is -0.123. The van der Waals surface area contributed by atoms with Crippen LogP contribution in [0.5, 0.6) is 5.75 Å². The highest BCUT2D eigenvalue weighted by molar-refractivity contribution is 9.10. The molecule has 22 heavy (non-hydrogen) atoms. The van der Waals surface area contributed by atoms with Gasteiger partial charge in [-0.25, -0.2) is 4.39 Å². The second-order valence-electron chi connectivity index (χ2n) is 4.89. The number of hydrogen-bond donors (Lipinski definition) is 1. The Morgan fingerprint density at radius 3 is 2.77 bits per heavy atom. The van der Waals surface area contributed by atoms with E-state index in [1.807, 2.05) is 31.2 Å². The molecule has 3 nitrogen and oxygen atoms in total. The zero-order valence-electron chi connectivity index (χ0n) is 12.2. The van der Waals surface area contributed by atoms with Gasteiger partial charge in [-0.1, -0.05) is 24.3 Å². The molecule has 0 fully saturated rings. The third kappa shape index (κ3) is 4.84. The Bertz CT molecular complexity index is 661. The minimum absolute atomic E-state index is 0.0992. The number of rotatable bonds is 6. The van der Waals surface area contributed by atoms with E-state index in [1.54, 1.807) is 0 Å². The van der Waals surface area contributed by atoms with Gasteiger partial charge in [0.2, 0.25) is 0 Å². The van der Waals surface area contributed by atoms with Crippen molar-refractivity contribution in [1.29, 1.82) is 0 Å². The Labute approximate surface area is 137 Å². The predicted octanol–water partition coefficient (Wildman–Crippen LogP) is 3.63. The average molecular weight is 366 g/mol. The molecule has 2 aromatic carbocycles. The average Bonchev–Trinajstić information content (AvgIpc) is 2.48. The van der Waals surface area contributed by atoms with Gasteiger partial charge in [0.05, 0.1) is 4.47 Å². The van der Waals surface area contributed by atoms with Crippen molar-refractivity contribution in [2.24, 2.45) is 0 Å². The summed E-state index contributed by atoms with van der Waals surface area (Å²) in [7, 11) is 0. The van der Waals surface area contributed by atoms with Crippen LogP contribution in [0, 0.1) is 12.7 Å². The smallest absolute Gasteiger partial charge is 0.257 e. The molecule has 0 aliphatic rings. The topological polar surface area (TPSA) is 38.3 Å². The Hall–Kier alpha value is -1.88. The molecule has 0 bridgehead atoms. The predicted molar refractivity (Wildman–Crippen MR) is 87.5 cm³/mol. The summed E-state index contributed by atoms with van der Waals surface area (Å²) in [4.78, 5) is 11.7. The molecule has 0 saturated carbocycles. The first-order valence-corrected chi connectivity index (χ1v) is 7.74. The van der Waals surface area contributed by atoms with Gasteiger partial charge in [0.1, 0.15) is 11.6 Å². The van der Waals surface area contributed by atoms with Crippen LogP contribution in [0.3, 0.4) is 0 Å². The molecule has 0 radical (unpaired) electrons. The summed E-state index contributed by atoms with van der Waals surface area (Å²) in [6, 6.07) is 12.1. The van der Waals surface area contributed by atoms with Crippen LogP contribution in [0.15, 0.2) is 46.9 Å². The third-order valence-corrected chi connectivity index (χ3v) is 3.85. The number of amides is 1. The van der Waals surface area contributed by atoms with Crippen molar-refractivity contribution < 1.29 is 13.9 Å². The molecule has 0 unspecified atom stereocenters. The van der Waals surface area contributed by atoms with Crippen molar-refractivity contribution in [3.05, 3.63) is 63.9 Å². The monoisotopic (exact) mass is 365 g/mol. The van der Waals surface area contributed by atoms with Crippen LogP contribution < -0.4 is 10.1 Å². The highest BCUT2D eigenvalue weighted by atomic mass is 79.9. The summed E-state index contributed by atoms with van der Waals surface area (Å²) in [6.07, 6.45) is 0.776.